The molecule has 0 fully saturated rings. The normalized spacial score (nSPS) is 11.0. The molecule has 0 aliphatic rings. The SMILES string of the molecule is Cc1csc2c(NCCCc3ncc[nH]3)ncnc12. The molecule has 5 nitrogen and oxygen atoms in total. The number of nitrogens with one attached hydrogen (secondary N) is 2. The smallest absolute Gasteiger partial charge is 0.147 e. The van der Waals surface area contributed by atoms with Gasteiger partial charge in [-0.15, -0.1) is 11.3 Å². The molecule has 0 unspecified atom stereocenters. The van der Waals surface area contributed by atoms with Crippen molar-refractivity contribution in [2.75, 3.05) is 11.9 Å². The molecule has 0 radical (unpaired) electrons. The molecule has 3 aromatic rings. The lowest BCUT2D eigenvalue weighted by Crippen LogP contribution is -2.05. The Morgan fingerprint density at radius 1 is 1.32 bits per heavy atom. The molecule has 19 heavy (non-hydrogen) atoms. The van der Waals surface area contributed by atoms with Gasteiger partial charge in [0, 0.05) is 25.4 Å². The molecule has 0 aromatic carbocycles. The minimum Gasteiger partial charge on any atom is -0.369 e. The maximum Gasteiger partial charge on any atom is 0.147 e. The number of hydrogen-bond acceptors (Lipinski definition) is 5. The standard InChI is InChI=1S/C13H15N5S/c1-9-7-19-12-11(9)17-8-18-13(12)16-4-2-3-10-14-5-6-15-10/h5-8H,2-4H2,1H3,(H,14,15)(H,16,17,18). The summed E-state index contributed by atoms with van der Waals surface area (Å²) in [5.74, 6) is 1.96. The first-order valence-corrected chi connectivity index (χ1v) is 7.13. The highest BCUT2D eigenvalue weighted by Crippen LogP contribution is 2.28. The maximum atomic E-state index is 4.32. The third-order valence-electron chi connectivity index (χ3n) is 2.97. The van der Waals surface area contributed by atoms with Gasteiger partial charge in [0.25, 0.3) is 0 Å². The third-order valence-corrected chi connectivity index (χ3v) is 4.06. The van der Waals surface area contributed by atoms with Gasteiger partial charge < -0.3 is 10.3 Å². The molecular formula is C13H15N5S. The zero-order chi connectivity index (χ0) is 13.1. The molecule has 0 amide bonds. The molecule has 3 aromatic heterocycles. The molecule has 2 N–H and O–H groups in total. The fourth-order valence-electron chi connectivity index (χ4n) is 1.99. The molecule has 0 atom stereocenters. The zero-order valence-electron chi connectivity index (χ0n) is 10.7. The van der Waals surface area contributed by atoms with Gasteiger partial charge in [-0.05, 0) is 24.3 Å². The maximum absolute atomic E-state index is 4.32. The summed E-state index contributed by atoms with van der Waals surface area (Å²) in [7, 11) is 0. The van der Waals surface area contributed by atoms with Crippen LogP contribution in [0.25, 0.3) is 10.2 Å². The molecule has 3 heterocycles. The first-order chi connectivity index (χ1) is 9.34. The molecule has 0 aliphatic heterocycles. The summed E-state index contributed by atoms with van der Waals surface area (Å²) >= 11 is 1.69. The highest BCUT2D eigenvalue weighted by atomic mass is 32.1. The van der Waals surface area contributed by atoms with E-state index < -0.39 is 0 Å². The van der Waals surface area contributed by atoms with Crippen LogP contribution >= 0.6 is 11.3 Å². The molecule has 0 spiro atoms. The third kappa shape index (κ3) is 2.58. The molecule has 6 heteroatoms. The van der Waals surface area contributed by atoms with Crippen molar-refractivity contribution in [3.05, 3.63) is 35.5 Å². The number of aromatic nitrogens is 4. The minimum absolute atomic E-state index is 0.879. The molecular weight excluding hydrogens is 258 g/mol. The summed E-state index contributed by atoms with van der Waals surface area (Å²) in [5.41, 5.74) is 2.26. The molecule has 3 rings (SSSR count). The van der Waals surface area contributed by atoms with Crippen molar-refractivity contribution < 1.29 is 0 Å². The van der Waals surface area contributed by atoms with E-state index in [-0.39, 0.29) is 0 Å². The van der Waals surface area contributed by atoms with Gasteiger partial charge in [0.2, 0.25) is 0 Å². The van der Waals surface area contributed by atoms with Crippen LogP contribution in [0.5, 0.6) is 0 Å². The molecule has 0 saturated carbocycles. The van der Waals surface area contributed by atoms with Gasteiger partial charge in [0.1, 0.15) is 18.0 Å². The van der Waals surface area contributed by atoms with Gasteiger partial charge in [-0.3, -0.25) is 0 Å². The van der Waals surface area contributed by atoms with Crippen LogP contribution in [0.3, 0.4) is 0 Å². The van der Waals surface area contributed by atoms with E-state index >= 15 is 0 Å². The quantitative estimate of drug-likeness (QED) is 0.701. The predicted octanol–water partition coefficient (Wildman–Crippen LogP) is 2.77. The average molecular weight is 273 g/mol. The zero-order valence-corrected chi connectivity index (χ0v) is 11.5. The summed E-state index contributed by atoms with van der Waals surface area (Å²) in [6.45, 7) is 2.95. The molecule has 98 valence electrons. The second kappa shape index (κ2) is 5.36. The Morgan fingerprint density at radius 3 is 3.11 bits per heavy atom. The van der Waals surface area contributed by atoms with Crippen molar-refractivity contribution in [1.82, 2.24) is 19.9 Å². The summed E-state index contributed by atoms with van der Waals surface area (Å²) in [5, 5.41) is 5.50. The van der Waals surface area contributed by atoms with E-state index in [0.29, 0.717) is 0 Å². The number of hydrogen-bond donors (Lipinski definition) is 2. The lowest BCUT2D eigenvalue weighted by atomic mass is 10.3. The summed E-state index contributed by atoms with van der Waals surface area (Å²) in [4.78, 5) is 15.9. The second-order valence-electron chi connectivity index (χ2n) is 4.38. The highest BCUT2D eigenvalue weighted by molar-refractivity contribution is 7.18. The van der Waals surface area contributed by atoms with E-state index in [1.165, 1.54) is 5.56 Å². The fourth-order valence-corrected chi connectivity index (χ4v) is 2.96. The number of anilines is 1. The summed E-state index contributed by atoms with van der Waals surface area (Å²) in [6.07, 6.45) is 7.22. The van der Waals surface area contributed by atoms with Crippen LogP contribution in [0.2, 0.25) is 0 Å². The number of H-pyrrole nitrogens is 1. The fraction of sp³-hybridized carbons (Fsp3) is 0.308. The number of rotatable bonds is 5. The van der Waals surface area contributed by atoms with Gasteiger partial charge >= 0.3 is 0 Å². The number of aryl methyl sites for hydroxylation is 2. The Balaban J connectivity index is 1.62. The van der Waals surface area contributed by atoms with E-state index in [1.807, 2.05) is 6.20 Å². The topological polar surface area (TPSA) is 66.5 Å². The monoisotopic (exact) mass is 273 g/mol. The largest absolute Gasteiger partial charge is 0.369 e. The van der Waals surface area contributed by atoms with Crippen LogP contribution in [-0.2, 0) is 6.42 Å². The van der Waals surface area contributed by atoms with Gasteiger partial charge in [-0.2, -0.15) is 0 Å². The lowest BCUT2D eigenvalue weighted by Gasteiger charge is -2.05. The first kappa shape index (κ1) is 12.1. The number of thiophene rings is 1. The van der Waals surface area contributed by atoms with Gasteiger partial charge in [0.15, 0.2) is 0 Å². The van der Waals surface area contributed by atoms with E-state index in [0.717, 1.165) is 41.2 Å². The van der Waals surface area contributed by atoms with Gasteiger partial charge in [0.05, 0.1) is 10.2 Å². The second-order valence-corrected chi connectivity index (χ2v) is 5.26. The molecule has 0 saturated heterocycles. The van der Waals surface area contributed by atoms with E-state index in [2.05, 4.69) is 37.6 Å². The Labute approximate surface area is 115 Å². The number of aromatic amines is 1. The van der Waals surface area contributed by atoms with Gasteiger partial charge in [-0.1, -0.05) is 0 Å². The summed E-state index contributed by atoms with van der Waals surface area (Å²) < 4.78 is 1.14. The van der Waals surface area contributed by atoms with E-state index in [1.54, 1.807) is 23.9 Å². The van der Waals surface area contributed by atoms with Crippen molar-refractivity contribution >= 4 is 27.4 Å². The number of imidazole rings is 1. The van der Waals surface area contributed by atoms with Crippen LogP contribution in [0, 0.1) is 6.92 Å². The van der Waals surface area contributed by atoms with Crippen LogP contribution in [0.15, 0.2) is 24.1 Å². The van der Waals surface area contributed by atoms with Crippen molar-refractivity contribution in [3.63, 3.8) is 0 Å². The van der Waals surface area contributed by atoms with Crippen molar-refractivity contribution in [1.29, 1.82) is 0 Å². The van der Waals surface area contributed by atoms with E-state index in [9.17, 15) is 0 Å². The van der Waals surface area contributed by atoms with Crippen LogP contribution < -0.4 is 5.32 Å². The predicted molar refractivity (Wildman–Crippen MR) is 77.6 cm³/mol. The molecule has 0 bridgehead atoms. The van der Waals surface area contributed by atoms with E-state index in [4.69, 9.17) is 0 Å². The lowest BCUT2D eigenvalue weighted by molar-refractivity contribution is 0.814. The Bertz CT molecular complexity index is 659. The average Bonchev–Trinajstić information content (AvgIpc) is 3.06. The van der Waals surface area contributed by atoms with Crippen molar-refractivity contribution in [3.8, 4) is 0 Å². The minimum atomic E-state index is 0.879. The Hall–Kier alpha value is -1.95. The number of fused-ring (bicyclic) bond motifs is 1. The highest BCUT2D eigenvalue weighted by Gasteiger charge is 2.07. The van der Waals surface area contributed by atoms with Crippen molar-refractivity contribution in [2.24, 2.45) is 0 Å². The Morgan fingerprint density at radius 2 is 2.26 bits per heavy atom. The summed E-state index contributed by atoms with van der Waals surface area (Å²) in [6, 6.07) is 0. The Kier molecular flexibility index (Phi) is 3.41. The number of nitrogens with zero attached hydrogens (tertiary/aromatic N) is 3. The van der Waals surface area contributed by atoms with Crippen LogP contribution in [0.4, 0.5) is 5.82 Å². The first-order valence-electron chi connectivity index (χ1n) is 6.25. The van der Waals surface area contributed by atoms with Crippen LogP contribution in [-0.4, -0.2) is 26.5 Å². The van der Waals surface area contributed by atoms with Crippen LogP contribution in [0.1, 0.15) is 17.8 Å². The van der Waals surface area contributed by atoms with Crippen molar-refractivity contribution in [2.45, 2.75) is 19.8 Å². The molecule has 0 aliphatic carbocycles. The van der Waals surface area contributed by atoms with Gasteiger partial charge in [-0.25, -0.2) is 15.0 Å².